The maximum Gasteiger partial charge on any atom is 0.303 e. The molecule has 20 heavy (non-hydrogen) atoms. The van der Waals surface area contributed by atoms with Gasteiger partial charge in [-0.3, -0.25) is 9.59 Å². The fourth-order valence-electron chi connectivity index (χ4n) is 2.46. The van der Waals surface area contributed by atoms with E-state index >= 15 is 0 Å². The van der Waals surface area contributed by atoms with E-state index in [1.165, 1.54) is 0 Å². The molecule has 0 spiro atoms. The topological polar surface area (TPSA) is 87.7 Å². The molecule has 1 aliphatic heterocycles. The summed E-state index contributed by atoms with van der Waals surface area (Å²) in [6.07, 6.45) is 1.28. The molecule has 0 aliphatic carbocycles. The van der Waals surface area contributed by atoms with Crippen LogP contribution in [0.3, 0.4) is 0 Å². The standard InChI is InChI=1S/C14H26N2O4/c1-10(2)5-11(6-14(18)19)8-16-13(17)7-12-9-20-4-3-15-12/h10-12,15H,3-9H2,1-2H3,(H,16,17)(H,18,19)/t11-,12?/m0/s1. The van der Waals surface area contributed by atoms with Gasteiger partial charge in [-0.25, -0.2) is 0 Å². The lowest BCUT2D eigenvalue weighted by molar-refractivity contribution is -0.138. The van der Waals surface area contributed by atoms with Crippen LogP contribution >= 0.6 is 0 Å². The van der Waals surface area contributed by atoms with Gasteiger partial charge in [-0.05, 0) is 18.3 Å². The smallest absolute Gasteiger partial charge is 0.303 e. The number of amides is 1. The predicted molar refractivity (Wildman–Crippen MR) is 75.4 cm³/mol. The van der Waals surface area contributed by atoms with Crippen LogP contribution in [0.1, 0.15) is 33.1 Å². The zero-order chi connectivity index (χ0) is 15.0. The van der Waals surface area contributed by atoms with E-state index in [0.29, 0.717) is 32.1 Å². The van der Waals surface area contributed by atoms with Crippen LogP contribution in [0.5, 0.6) is 0 Å². The Morgan fingerprint density at radius 1 is 1.45 bits per heavy atom. The second kappa shape index (κ2) is 8.92. The third-order valence-corrected chi connectivity index (χ3v) is 3.29. The first-order chi connectivity index (χ1) is 9.47. The Bertz CT molecular complexity index is 314. The highest BCUT2D eigenvalue weighted by atomic mass is 16.5. The van der Waals surface area contributed by atoms with Gasteiger partial charge < -0.3 is 20.5 Å². The lowest BCUT2D eigenvalue weighted by atomic mass is 9.94. The van der Waals surface area contributed by atoms with Gasteiger partial charge in [0.1, 0.15) is 0 Å². The average molecular weight is 286 g/mol. The highest BCUT2D eigenvalue weighted by Gasteiger charge is 2.19. The van der Waals surface area contributed by atoms with Gasteiger partial charge in [0.25, 0.3) is 0 Å². The van der Waals surface area contributed by atoms with Crippen LogP contribution in [0.2, 0.25) is 0 Å². The SMILES string of the molecule is CC(C)C[C@H](CNC(=O)CC1COCCN1)CC(=O)O. The molecule has 0 aromatic rings. The molecule has 1 fully saturated rings. The van der Waals surface area contributed by atoms with Crippen molar-refractivity contribution in [1.29, 1.82) is 0 Å². The molecule has 1 rings (SSSR count). The molecule has 6 heteroatoms. The van der Waals surface area contributed by atoms with E-state index in [0.717, 1.165) is 13.0 Å². The van der Waals surface area contributed by atoms with E-state index in [4.69, 9.17) is 9.84 Å². The second-order valence-corrected chi connectivity index (χ2v) is 5.83. The first-order valence-electron chi connectivity index (χ1n) is 7.27. The van der Waals surface area contributed by atoms with Crippen molar-refractivity contribution in [2.24, 2.45) is 11.8 Å². The molecule has 0 aromatic carbocycles. The van der Waals surface area contributed by atoms with Crippen LogP contribution in [-0.4, -0.2) is 49.3 Å². The van der Waals surface area contributed by atoms with Crippen LogP contribution in [-0.2, 0) is 14.3 Å². The van der Waals surface area contributed by atoms with Gasteiger partial charge in [0, 0.05) is 32.0 Å². The maximum absolute atomic E-state index is 11.8. The normalized spacial score (nSPS) is 20.6. The molecule has 1 saturated heterocycles. The highest BCUT2D eigenvalue weighted by molar-refractivity contribution is 5.76. The van der Waals surface area contributed by atoms with Crippen molar-refractivity contribution in [3.63, 3.8) is 0 Å². The summed E-state index contributed by atoms with van der Waals surface area (Å²) in [6, 6.07) is 0.0618. The van der Waals surface area contributed by atoms with E-state index in [-0.39, 0.29) is 24.3 Å². The third-order valence-electron chi connectivity index (χ3n) is 3.29. The van der Waals surface area contributed by atoms with Crippen molar-refractivity contribution in [2.75, 3.05) is 26.3 Å². The lowest BCUT2D eigenvalue weighted by Crippen LogP contribution is -2.44. The maximum atomic E-state index is 11.8. The zero-order valence-corrected chi connectivity index (χ0v) is 12.4. The molecule has 0 saturated carbocycles. The Morgan fingerprint density at radius 2 is 2.20 bits per heavy atom. The number of hydrogen-bond acceptors (Lipinski definition) is 4. The minimum Gasteiger partial charge on any atom is -0.481 e. The first-order valence-corrected chi connectivity index (χ1v) is 7.27. The molecule has 1 amide bonds. The quantitative estimate of drug-likeness (QED) is 0.609. The molecule has 1 unspecified atom stereocenters. The number of aliphatic carboxylic acids is 1. The number of carboxylic acids is 1. The summed E-state index contributed by atoms with van der Waals surface area (Å²) in [5, 5.41) is 14.9. The Kier molecular flexibility index (Phi) is 7.54. The van der Waals surface area contributed by atoms with Gasteiger partial charge in [-0.2, -0.15) is 0 Å². The molecule has 3 N–H and O–H groups in total. The van der Waals surface area contributed by atoms with Crippen LogP contribution in [0.15, 0.2) is 0 Å². The largest absolute Gasteiger partial charge is 0.481 e. The van der Waals surface area contributed by atoms with Crippen molar-refractivity contribution in [2.45, 2.75) is 39.2 Å². The summed E-state index contributed by atoms with van der Waals surface area (Å²) >= 11 is 0. The van der Waals surface area contributed by atoms with Gasteiger partial charge in [-0.15, -0.1) is 0 Å². The van der Waals surface area contributed by atoms with Gasteiger partial charge in [0.2, 0.25) is 5.91 Å². The molecule has 1 aliphatic rings. The van der Waals surface area contributed by atoms with E-state index < -0.39 is 5.97 Å². The first kappa shape index (κ1) is 16.9. The van der Waals surface area contributed by atoms with E-state index in [1.807, 2.05) is 0 Å². The minimum atomic E-state index is -0.813. The van der Waals surface area contributed by atoms with Gasteiger partial charge >= 0.3 is 5.97 Å². The zero-order valence-electron chi connectivity index (χ0n) is 12.4. The molecular formula is C14H26N2O4. The van der Waals surface area contributed by atoms with Crippen LogP contribution < -0.4 is 10.6 Å². The summed E-state index contributed by atoms with van der Waals surface area (Å²) in [5.41, 5.74) is 0. The van der Waals surface area contributed by atoms with Crippen molar-refractivity contribution in [3.8, 4) is 0 Å². The van der Waals surface area contributed by atoms with E-state index in [1.54, 1.807) is 0 Å². The highest BCUT2D eigenvalue weighted by Crippen LogP contribution is 2.14. The summed E-state index contributed by atoms with van der Waals surface area (Å²) in [4.78, 5) is 22.6. The Hall–Kier alpha value is -1.14. The van der Waals surface area contributed by atoms with Crippen LogP contribution in [0, 0.1) is 11.8 Å². The summed E-state index contributed by atoms with van der Waals surface area (Å²) in [6.45, 7) is 6.55. The predicted octanol–water partition coefficient (Wildman–Crippen LogP) is 0.618. The molecule has 0 bridgehead atoms. The summed E-state index contributed by atoms with van der Waals surface area (Å²) in [7, 11) is 0. The van der Waals surface area contributed by atoms with Gasteiger partial charge in [0.15, 0.2) is 0 Å². The van der Waals surface area contributed by atoms with E-state index in [2.05, 4.69) is 24.5 Å². The average Bonchev–Trinajstić information content (AvgIpc) is 2.36. The number of ether oxygens (including phenoxy) is 1. The number of hydrogen-bond donors (Lipinski definition) is 3. The summed E-state index contributed by atoms with van der Waals surface area (Å²) in [5.74, 6) is -0.448. The second-order valence-electron chi connectivity index (χ2n) is 5.83. The molecule has 116 valence electrons. The molecule has 6 nitrogen and oxygen atoms in total. The number of nitrogens with one attached hydrogen (secondary N) is 2. The Morgan fingerprint density at radius 3 is 2.75 bits per heavy atom. The van der Waals surface area contributed by atoms with Crippen molar-refractivity contribution in [3.05, 3.63) is 0 Å². The molecule has 2 atom stereocenters. The molecule has 1 heterocycles. The summed E-state index contributed by atoms with van der Waals surface area (Å²) < 4.78 is 5.29. The minimum absolute atomic E-state index is 0.00739. The fourth-order valence-corrected chi connectivity index (χ4v) is 2.46. The van der Waals surface area contributed by atoms with Crippen molar-refractivity contribution >= 4 is 11.9 Å². The number of carboxylic acid groups (broad SMARTS) is 1. The number of carbonyl (C=O) groups is 2. The van der Waals surface area contributed by atoms with Crippen molar-refractivity contribution < 1.29 is 19.4 Å². The Labute approximate surface area is 120 Å². The molecular weight excluding hydrogens is 260 g/mol. The third kappa shape index (κ3) is 7.45. The monoisotopic (exact) mass is 286 g/mol. The number of rotatable bonds is 8. The van der Waals surface area contributed by atoms with Crippen molar-refractivity contribution in [1.82, 2.24) is 10.6 Å². The molecule has 0 radical (unpaired) electrons. The van der Waals surface area contributed by atoms with Crippen LogP contribution in [0.25, 0.3) is 0 Å². The molecule has 0 aromatic heterocycles. The lowest BCUT2D eigenvalue weighted by Gasteiger charge is -2.24. The number of carbonyl (C=O) groups excluding carboxylic acids is 1. The van der Waals surface area contributed by atoms with E-state index in [9.17, 15) is 9.59 Å². The Balaban J connectivity index is 2.29. The van der Waals surface area contributed by atoms with Crippen LogP contribution in [0.4, 0.5) is 0 Å². The number of morpholine rings is 1. The van der Waals surface area contributed by atoms with Gasteiger partial charge in [0.05, 0.1) is 13.2 Å². The van der Waals surface area contributed by atoms with Gasteiger partial charge in [-0.1, -0.05) is 13.8 Å². The fraction of sp³-hybridized carbons (Fsp3) is 0.857.